The van der Waals surface area contributed by atoms with Crippen LogP contribution in [0.25, 0.3) is 0 Å². The zero-order valence-electron chi connectivity index (χ0n) is 12.4. The molecule has 6 heteroatoms. The van der Waals surface area contributed by atoms with E-state index in [0.29, 0.717) is 5.82 Å². The summed E-state index contributed by atoms with van der Waals surface area (Å²) in [4.78, 5) is 6.70. The van der Waals surface area contributed by atoms with E-state index in [9.17, 15) is 8.42 Å². The Morgan fingerprint density at radius 1 is 1.35 bits per heavy atom. The summed E-state index contributed by atoms with van der Waals surface area (Å²) < 4.78 is 23.5. The molecule has 1 heterocycles. The zero-order chi connectivity index (χ0) is 14.8. The summed E-state index contributed by atoms with van der Waals surface area (Å²) >= 11 is 0. The SMILES string of the molecule is CN(C)C1(CNc2ncccc2S(C)(=O)=O)CCCC1. The highest BCUT2D eigenvalue weighted by Gasteiger charge is 2.36. The smallest absolute Gasteiger partial charge is 0.179 e. The number of hydrogen-bond donors (Lipinski definition) is 1. The van der Waals surface area contributed by atoms with Crippen molar-refractivity contribution in [2.45, 2.75) is 36.1 Å². The first-order valence-electron chi connectivity index (χ1n) is 6.92. The Morgan fingerprint density at radius 2 is 2.00 bits per heavy atom. The van der Waals surface area contributed by atoms with E-state index < -0.39 is 9.84 Å². The molecule has 2 rings (SSSR count). The molecule has 1 aromatic rings. The predicted molar refractivity (Wildman–Crippen MR) is 80.7 cm³/mol. The third-order valence-electron chi connectivity index (χ3n) is 4.24. The summed E-state index contributed by atoms with van der Waals surface area (Å²) in [5, 5.41) is 3.25. The van der Waals surface area contributed by atoms with Crippen molar-refractivity contribution in [1.82, 2.24) is 9.88 Å². The maximum absolute atomic E-state index is 11.8. The first-order valence-corrected chi connectivity index (χ1v) is 8.81. The molecule has 112 valence electrons. The van der Waals surface area contributed by atoms with Gasteiger partial charge in [0.15, 0.2) is 9.84 Å². The Balaban J connectivity index is 2.19. The molecule has 0 spiro atoms. The topological polar surface area (TPSA) is 62.3 Å². The van der Waals surface area contributed by atoms with Crippen molar-refractivity contribution in [3.63, 3.8) is 0 Å². The molecule has 0 saturated heterocycles. The lowest BCUT2D eigenvalue weighted by atomic mass is 9.96. The number of rotatable bonds is 5. The maximum atomic E-state index is 11.8. The van der Waals surface area contributed by atoms with Gasteiger partial charge in [-0.15, -0.1) is 0 Å². The molecule has 1 aliphatic rings. The molecule has 0 aliphatic heterocycles. The number of aromatic nitrogens is 1. The minimum absolute atomic E-state index is 0.103. The van der Waals surface area contributed by atoms with E-state index in [4.69, 9.17) is 0 Å². The quantitative estimate of drug-likeness (QED) is 0.897. The Kier molecular flexibility index (Phi) is 4.34. The normalized spacial score (nSPS) is 18.4. The van der Waals surface area contributed by atoms with Crippen molar-refractivity contribution in [1.29, 1.82) is 0 Å². The highest BCUT2D eigenvalue weighted by molar-refractivity contribution is 7.90. The molecule has 0 amide bonds. The van der Waals surface area contributed by atoms with Gasteiger partial charge in [-0.2, -0.15) is 0 Å². The average Bonchev–Trinajstić information content (AvgIpc) is 2.86. The van der Waals surface area contributed by atoms with Crippen LogP contribution in [-0.4, -0.2) is 50.7 Å². The van der Waals surface area contributed by atoms with Crippen LogP contribution in [0.3, 0.4) is 0 Å². The van der Waals surface area contributed by atoms with E-state index in [1.54, 1.807) is 18.3 Å². The van der Waals surface area contributed by atoms with Gasteiger partial charge >= 0.3 is 0 Å². The molecule has 20 heavy (non-hydrogen) atoms. The van der Waals surface area contributed by atoms with E-state index in [-0.39, 0.29) is 10.4 Å². The van der Waals surface area contributed by atoms with Crippen LogP contribution in [0.5, 0.6) is 0 Å². The second-order valence-electron chi connectivity index (χ2n) is 5.80. The molecule has 0 unspecified atom stereocenters. The summed E-state index contributed by atoms with van der Waals surface area (Å²) in [5.74, 6) is 0.461. The summed E-state index contributed by atoms with van der Waals surface area (Å²) in [7, 11) is 0.915. The lowest BCUT2D eigenvalue weighted by Crippen LogP contribution is -2.47. The van der Waals surface area contributed by atoms with E-state index in [0.717, 1.165) is 19.4 Å². The molecule has 1 aromatic heterocycles. The number of sulfone groups is 1. The van der Waals surface area contributed by atoms with Gasteiger partial charge in [0.05, 0.1) is 0 Å². The summed E-state index contributed by atoms with van der Waals surface area (Å²) in [6.07, 6.45) is 7.55. The van der Waals surface area contributed by atoms with Gasteiger partial charge in [-0.05, 0) is 39.1 Å². The lowest BCUT2D eigenvalue weighted by molar-refractivity contribution is 0.172. The molecule has 1 fully saturated rings. The van der Waals surface area contributed by atoms with Gasteiger partial charge in [0.1, 0.15) is 10.7 Å². The van der Waals surface area contributed by atoms with Crippen LogP contribution < -0.4 is 5.32 Å². The standard InChI is InChI=1S/C14H23N3O2S/c1-17(2)14(8-4-5-9-14)11-16-13-12(20(3,18)19)7-6-10-15-13/h6-7,10H,4-5,8-9,11H2,1-3H3,(H,15,16). The Bertz CT molecular complexity index is 564. The highest BCUT2D eigenvalue weighted by atomic mass is 32.2. The van der Waals surface area contributed by atoms with Crippen molar-refractivity contribution in [2.24, 2.45) is 0 Å². The van der Waals surface area contributed by atoms with Crippen LogP contribution in [0.4, 0.5) is 5.82 Å². The molecule has 0 bridgehead atoms. The molecule has 1 aliphatic carbocycles. The highest BCUT2D eigenvalue weighted by Crippen LogP contribution is 2.34. The molecule has 5 nitrogen and oxygen atoms in total. The van der Waals surface area contributed by atoms with E-state index in [1.165, 1.54) is 19.1 Å². The number of hydrogen-bond acceptors (Lipinski definition) is 5. The Morgan fingerprint density at radius 3 is 2.55 bits per heavy atom. The van der Waals surface area contributed by atoms with Crippen LogP contribution in [0, 0.1) is 0 Å². The van der Waals surface area contributed by atoms with Crippen LogP contribution >= 0.6 is 0 Å². The first-order chi connectivity index (χ1) is 9.35. The van der Waals surface area contributed by atoms with Gasteiger partial charge in [0.2, 0.25) is 0 Å². The summed E-state index contributed by atoms with van der Waals surface area (Å²) in [6, 6.07) is 3.25. The number of likely N-dealkylation sites (N-methyl/N-ethyl adjacent to an activating group) is 1. The van der Waals surface area contributed by atoms with Gasteiger partial charge in [-0.3, -0.25) is 0 Å². The predicted octanol–water partition coefficient (Wildman–Crippen LogP) is 1.77. The van der Waals surface area contributed by atoms with E-state index in [2.05, 4.69) is 29.3 Å². The molecular weight excluding hydrogens is 274 g/mol. The maximum Gasteiger partial charge on any atom is 0.179 e. The fraction of sp³-hybridized carbons (Fsp3) is 0.643. The second kappa shape index (κ2) is 5.69. The number of pyridine rings is 1. The third kappa shape index (κ3) is 3.12. The van der Waals surface area contributed by atoms with Crippen molar-refractivity contribution in [3.05, 3.63) is 18.3 Å². The molecule has 0 radical (unpaired) electrons. The molecule has 0 atom stereocenters. The first kappa shape index (κ1) is 15.3. The van der Waals surface area contributed by atoms with Gasteiger partial charge in [-0.1, -0.05) is 12.8 Å². The van der Waals surface area contributed by atoms with Gasteiger partial charge in [-0.25, -0.2) is 13.4 Å². The van der Waals surface area contributed by atoms with E-state index in [1.807, 2.05) is 0 Å². The monoisotopic (exact) mass is 297 g/mol. The fourth-order valence-corrected chi connectivity index (χ4v) is 3.69. The number of nitrogens with zero attached hydrogens (tertiary/aromatic N) is 2. The minimum Gasteiger partial charge on any atom is -0.367 e. The fourth-order valence-electron chi connectivity index (χ4n) is 2.89. The average molecular weight is 297 g/mol. The molecule has 1 saturated carbocycles. The number of anilines is 1. The zero-order valence-corrected chi connectivity index (χ0v) is 13.2. The molecule has 0 aromatic carbocycles. The Hall–Kier alpha value is -1.14. The van der Waals surface area contributed by atoms with Crippen LogP contribution in [-0.2, 0) is 9.84 Å². The Labute approximate surface area is 121 Å². The van der Waals surface area contributed by atoms with Crippen molar-refractivity contribution < 1.29 is 8.42 Å². The van der Waals surface area contributed by atoms with Crippen LogP contribution in [0.15, 0.2) is 23.2 Å². The van der Waals surface area contributed by atoms with Gasteiger partial charge in [0.25, 0.3) is 0 Å². The van der Waals surface area contributed by atoms with Crippen molar-refractivity contribution in [2.75, 3.05) is 32.2 Å². The molecule has 1 N–H and O–H groups in total. The van der Waals surface area contributed by atoms with Crippen LogP contribution in [0.2, 0.25) is 0 Å². The minimum atomic E-state index is -3.26. The van der Waals surface area contributed by atoms with Gasteiger partial charge in [0, 0.05) is 24.5 Å². The lowest BCUT2D eigenvalue weighted by Gasteiger charge is -2.36. The van der Waals surface area contributed by atoms with Crippen molar-refractivity contribution >= 4 is 15.7 Å². The van der Waals surface area contributed by atoms with Crippen molar-refractivity contribution in [3.8, 4) is 0 Å². The van der Waals surface area contributed by atoms with Gasteiger partial charge < -0.3 is 10.2 Å². The van der Waals surface area contributed by atoms with E-state index >= 15 is 0 Å². The summed E-state index contributed by atoms with van der Waals surface area (Å²) in [5.41, 5.74) is 0.103. The van der Waals surface area contributed by atoms with Crippen LogP contribution in [0.1, 0.15) is 25.7 Å². The third-order valence-corrected chi connectivity index (χ3v) is 5.37. The largest absolute Gasteiger partial charge is 0.367 e. The summed E-state index contributed by atoms with van der Waals surface area (Å²) in [6.45, 7) is 0.722. The number of nitrogens with one attached hydrogen (secondary N) is 1. The molecular formula is C14H23N3O2S. The second-order valence-corrected chi connectivity index (χ2v) is 7.79.